The lowest BCUT2D eigenvalue weighted by Gasteiger charge is -2.10. The molecule has 0 atom stereocenters. The molecular formula is C23H21BrFN5O2. The van der Waals surface area contributed by atoms with Crippen LogP contribution in [-0.4, -0.2) is 25.5 Å². The summed E-state index contributed by atoms with van der Waals surface area (Å²) >= 11 is 3.39. The molecule has 4 aromatic rings. The Morgan fingerprint density at radius 2 is 1.81 bits per heavy atom. The molecule has 9 heteroatoms. The van der Waals surface area contributed by atoms with Gasteiger partial charge < -0.3 is 5.32 Å². The van der Waals surface area contributed by atoms with Crippen molar-refractivity contribution in [1.29, 1.82) is 0 Å². The number of hydrogen-bond donors (Lipinski definition) is 1. The molecule has 2 aromatic heterocycles. The van der Waals surface area contributed by atoms with E-state index in [1.165, 1.54) is 15.4 Å². The lowest BCUT2D eigenvalue weighted by Crippen LogP contribution is -2.28. The lowest BCUT2D eigenvalue weighted by atomic mass is 10.1. The van der Waals surface area contributed by atoms with Crippen LogP contribution in [0.3, 0.4) is 0 Å². The van der Waals surface area contributed by atoms with E-state index >= 15 is 0 Å². The molecule has 2 heterocycles. The van der Waals surface area contributed by atoms with Gasteiger partial charge in [0.25, 0.3) is 11.5 Å². The van der Waals surface area contributed by atoms with Gasteiger partial charge in [0.1, 0.15) is 5.82 Å². The second-order valence-electron chi connectivity index (χ2n) is 7.34. The average molecular weight is 498 g/mol. The van der Waals surface area contributed by atoms with E-state index in [0.29, 0.717) is 27.4 Å². The Kier molecular flexibility index (Phi) is 6.45. The fraction of sp³-hybridized carbons (Fsp3) is 0.217. The molecule has 1 N–H and O–H groups in total. The van der Waals surface area contributed by atoms with Crippen LogP contribution in [0.15, 0.2) is 64.0 Å². The Hall–Kier alpha value is -3.33. The number of nitrogens with one attached hydrogen (secondary N) is 1. The number of halogens is 2. The van der Waals surface area contributed by atoms with Crippen LogP contribution in [-0.2, 0) is 13.1 Å². The van der Waals surface area contributed by atoms with Crippen LogP contribution in [0.25, 0.3) is 10.8 Å². The summed E-state index contributed by atoms with van der Waals surface area (Å²) in [6, 6.07) is 13.4. The summed E-state index contributed by atoms with van der Waals surface area (Å²) in [7, 11) is 0. The zero-order valence-electron chi connectivity index (χ0n) is 17.4. The molecular weight excluding hydrogens is 477 g/mol. The molecule has 1 amide bonds. The minimum atomic E-state index is -0.483. The van der Waals surface area contributed by atoms with E-state index in [9.17, 15) is 14.0 Å². The molecule has 0 fully saturated rings. The van der Waals surface area contributed by atoms with E-state index in [1.807, 2.05) is 6.92 Å². The number of fused-ring (bicyclic) bond motifs is 1. The number of nitrogens with zero attached hydrogens (tertiary/aromatic N) is 4. The first-order chi connectivity index (χ1) is 15.5. The van der Waals surface area contributed by atoms with Gasteiger partial charge in [-0.05, 0) is 34.5 Å². The Labute approximate surface area is 192 Å². The van der Waals surface area contributed by atoms with E-state index in [-0.39, 0.29) is 29.4 Å². The van der Waals surface area contributed by atoms with Crippen molar-refractivity contribution >= 4 is 38.4 Å². The van der Waals surface area contributed by atoms with Gasteiger partial charge in [0.2, 0.25) is 0 Å². The van der Waals surface area contributed by atoms with E-state index in [1.54, 1.807) is 48.7 Å². The summed E-state index contributed by atoms with van der Waals surface area (Å²) in [5, 5.41) is 12.4. The van der Waals surface area contributed by atoms with Crippen molar-refractivity contribution in [1.82, 2.24) is 19.6 Å². The zero-order valence-corrected chi connectivity index (χ0v) is 19.0. The zero-order chi connectivity index (χ0) is 22.7. The SMILES string of the molecule is CCCCn1nc(C(=O)Nc2nn(Cc3ccccc3F)cc2Br)c2ccccc2c1=O. The van der Waals surface area contributed by atoms with Crippen LogP contribution >= 0.6 is 15.9 Å². The van der Waals surface area contributed by atoms with Gasteiger partial charge in [0, 0.05) is 23.7 Å². The Morgan fingerprint density at radius 3 is 2.56 bits per heavy atom. The van der Waals surface area contributed by atoms with Crippen LogP contribution in [0.1, 0.15) is 35.8 Å². The summed E-state index contributed by atoms with van der Waals surface area (Å²) < 4.78 is 17.4. The molecule has 4 rings (SSSR count). The standard InChI is InChI=1S/C23H21BrFN5O2/c1-2-3-12-30-23(32)17-10-6-5-9-16(17)20(27-30)22(31)26-21-18(24)14-29(28-21)13-15-8-4-7-11-19(15)25/h4-11,14H,2-3,12-13H2,1H3,(H,26,28,31). The van der Waals surface area contributed by atoms with Crippen molar-refractivity contribution in [2.24, 2.45) is 0 Å². The molecule has 7 nitrogen and oxygen atoms in total. The fourth-order valence-electron chi connectivity index (χ4n) is 3.39. The molecule has 2 aromatic carbocycles. The topological polar surface area (TPSA) is 81.8 Å². The lowest BCUT2D eigenvalue weighted by molar-refractivity contribution is 0.102. The first kappa shape index (κ1) is 21.9. The predicted molar refractivity (Wildman–Crippen MR) is 124 cm³/mol. The predicted octanol–water partition coefficient (Wildman–Crippen LogP) is 4.60. The molecule has 0 aliphatic carbocycles. The first-order valence-corrected chi connectivity index (χ1v) is 11.0. The van der Waals surface area contributed by atoms with Crippen LogP contribution in [0, 0.1) is 5.82 Å². The highest BCUT2D eigenvalue weighted by molar-refractivity contribution is 9.10. The second kappa shape index (κ2) is 9.44. The summed E-state index contributed by atoms with van der Waals surface area (Å²) in [4.78, 5) is 25.9. The molecule has 0 saturated heterocycles. The van der Waals surface area contributed by atoms with Gasteiger partial charge in [-0.1, -0.05) is 49.7 Å². The minimum absolute atomic E-state index is 0.145. The maximum atomic E-state index is 14.0. The van der Waals surface area contributed by atoms with Gasteiger partial charge >= 0.3 is 0 Å². The fourth-order valence-corrected chi connectivity index (χ4v) is 3.81. The average Bonchev–Trinajstić information content (AvgIpc) is 3.13. The van der Waals surface area contributed by atoms with E-state index in [2.05, 4.69) is 31.4 Å². The summed E-state index contributed by atoms with van der Waals surface area (Å²) in [5.41, 5.74) is 0.406. The number of aromatic nitrogens is 4. The number of carbonyl (C=O) groups is 1. The van der Waals surface area contributed by atoms with Gasteiger partial charge in [0.15, 0.2) is 11.5 Å². The largest absolute Gasteiger partial charge is 0.303 e. The number of anilines is 1. The highest BCUT2D eigenvalue weighted by Crippen LogP contribution is 2.23. The smallest absolute Gasteiger partial charge is 0.277 e. The highest BCUT2D eigenvalue weighted by Gasteiger charge is 2.19. The number of unbranched alkanes of at least 4 members (excludes halogenated alkanes) is 1. The molecule has 0 saturated carbocycles. The normalized spacial score (nSPS) is 11.1. The summed E-state index contributed by atoms with van der Waals surface area (Å²) in [6.45, 7) is 2.67. The van der Waals surface area contributed by atoms with Crippen molar-refractivity contribution < 1.29 is 9.18 Å². The third kappa shape index (κ3) is 4.47. The third-order valence-electron chi connectivity index (χ3n) is 5.05. The third-order valence-corrected chi connectivity index (χ3v) is 5.63. The number of amides is 1. The van der Waals surface area contributed by atoms with E-state index < -0.39 is 5.91 Å². The van der Waals surface area contributed by atoms with Crippen LogP contribution in [0.4, 0.5) is 10.2 Å². The molecule has 0 aliphatic rings. The van der Waals surface area contributed by atoms with E-state index in [4.69, 9.17) is 0 Å². The number of benzene rings is 2. The van der Waals surface area contributed by atoms with Crippen LogP contribution in [0.5, 0.6) is 0 Å². The monoisotopic (exact) mass is 497 g/mol. The molecule has 0 spiro atoms. The number of rotatable bonds is 7. The van der Waals surface area contributed by atoms with Gasteiger partial charge in [0.05, 0.1) is 16.4 Å². The van der Waals surface area contributed by atoms with Crippen molar-refractivity contribution in [2.75, 3.05) is 5.32 Å². The molecule has 0 aliphatic heterocycles. The number of carbonyl (C=O) groups excluding carboxylic acids is 1. The Balaban J connectivity index is 1.64. The summed E-state index contributed by atoms with van der Waals surface area (Å²) in [5.74, 6) is -0.526. The molecule has 32 heavy (non-hydrogen) atoms. The first-order valence-electron chi connectivity index (χ1n) is 10.3. The van der Waals surface area contributed by atoms with E-state index in [0.717, 1.165) is 12.8 Å². The summed E-state index contributed by atoms with van der Waals surface area (Å²) in [6.07, 6.45) is 3.34. The maximum absolute atomic E-state index is 14.0. The van der Waals surface area contributed by atoms with Gasteiger partial charge in [-0.3, -0.25) is 14.3 Å². The number of hydrogen-bond acceptors (Lipinski definition) is 4. The van der Waals surface area contributed by atoms with Crippen molar-refractivity contribution in [3.63, 3.8) is 0 Å². The van der Waals surface area contributed by atoms with Gasteiger partial charge in [-0.2, -0.15) is 10.2 Å². The molecule has 164 valence electrons. The van der Waals surface area contributed by atoms with Gasteiger partial charge in [-0.15, -0.1) is 0 Å². The maximum Gasteiger partial charge on any atom is 0.277 e. The van der Waals surface area contributed by atoms with Crippen molar-refractivity contribution in [3.8, 4) is 0 Å². The van der Waals surface area contributed by atoms with Gasteiger partial charge in [-0.25, -0.2) is 9.07 Å². The molecule has 0 bridgehead atoms. The van der Waals surface area contributed by atoms with Crippen molar-refractivity contribution in [2.45, 2.75) is 32.9 Å². The van der Waals surface area contributed by atoms with Crippen LogP contribution in [0.2, 0.25) is 0 Å². The molecule has 0 radical (unpaired) electrons. The van der Waals surface area contributed by atoms with Crippen LogP contribution < -0.4 is 10.9 Å². The van der Waals surface area contributed by atoms with Crippen molar-refractivity contribution in [3.05, 3.63) is 86.6 Å². The Morgan fingerprint density at radius 1 is 1.09 bits per heavy atom. The molecule has 0 unspecified atom stereocenters. The number of aryl methyl sites for hydroxylation is 1. The quantitative estimate of drug-likeness (QED) is 0.404. The minimum Gasteiger partial charge on any atom is -0.303 e. The Bertz CT molecular complexity index is 1350. The highest BCUT2D eigenvalue weighted by atomic mass is 79.9. The second-order valence-corrected chi connectivity index (χ2v) is 8.20.